The Bertz CT molecular complexity index is 278. The van der Waals surface area contributed by atoms with Gasteiger partial charge in [0.15, 0.2) is 0 Å². The van der Waals surface area contributed by atoms with Crippen LogP contribution < -0.4 is 5.73 Å². The average molecular weight is 241 g/mol. The fourth-order valence-electron chi connectivity index (χ4n) is 2.95. The van der Waals surface area contributed by atoms with E-state index in [9.17, 15) is 4.79 Å². The van der Waals surface area contributed by atoms with E-state index in [0.29, 0.717) is 5.92 Å². The minimum Gasteiger partial charge on any atom is -0.462 e. The summed E-state index contributed by atoms with van der Waals surface area (Å²) in [5.74, 6) is 0.467. The van der Waals surface area contributed by atoms with E-state index in [1.165, 1.54) is 6.42 Å². The molecule has 2 unspecified atom stereocenters. The molecule has 0 bridgehead atoms. The highest BCUT2D eigenvalue weighted by Gasteiger charge is 2.34. The molecule has 0 saturated heterocycles. The van der Waals surface area contributed by atoms with Crippen LogP contribution in [0.1, 0.15) is 60.3 Å². The first-order chi connectivity index (χ1) is 7.57. The molecule has 0 heterocycles. The standard InChI is InChI=1S/C14H27NO2/c1-10-6-11(8-13(2,3)7-10)17-12(16)9-14(4,5)15/h10-11H,6-9,15H2,1-5H3. The first-order valence-electron chi connectivity index (χ1n) is 6.56. The number of esters is 1. The maximum Gasteiger partial charge on any atom is 0.307 e. The first-order valence-corrected chi connectivity index (χ1v) is 6.56. The number of hydrogen-bond acceptors (Lipinski definition) is 3. The van der Waals surface area contributed by atoms with Crippen LogP contribution in [0.4, 0.5) is 0 Å². The third-order valence-electron chi connectivity index (χ3n) is 3.24. The molecular formula is C14H27NO2. The zero-order valence-electron chi connectivity index (χ0n) is 11.9. The Hall–Kier alpha value is -0.570. The Labute approximate surface area is 105 Å². The lowest BCUT2D eigenvalue weighted by Crippen LogP contribution is -2.38. The number of hydrogen-bond donors (Lipinski definition) is 1. The van der Waals surface area contributed by atoms with Gasteiger partial charge in [0.2, 0.25) is 0 Å². The second-order valence-corrected chi connectivity index (χ2v) is 7.19. The van der Waals surface area contributed by atoms with Gasteiger partial charge in [-0.1, -0.05) is 20.8 Å². The highest BCUT2D eigenvalue weighted by molar-refractivity contribution is 5.70. The summed E-state index contributed by atoms with van der Waals surface area (Å²) in [6, 6.07) is 0. The molecule has 1 aliphatic rings. The number of ether oxygens (including phenoxy) is 1. The lowest BCUT2D eigenvalue weighted by molar-refractivity contribution is -0.154. The largest absolute Gasteiger partial charge is 0.462 e. The van der Waals surface area contributed by atoms with Gasteiger partial charge in [0.25, 0.3) is 0 Å². The molecule has 0 spiro atoms. The van der Waals surface area contributed by atoms with Crippen LogP contribution >= 0.6 is 0 Å². The number of rotatable bonds is 3. The number of carbonyl (C=O) groups is 1. The topological polar surface area (TPSA) is 52.3 Å². The van der Waals surface area contributed by atoms with Gasteiger partial charge >= 0.3 is 5.97 Å². The quantitative estimate of drug-likeness (QED) is 0.773. The van der Waals surface area contributed by atoms with Gasteiger partial charge in [0, 0.05) is 5.54 Å². The van der Waals surface area contributed by atoms with Crippen LogP contribution in [0.2, 0.25) is 0 Å². The molecule has 2 atom stereocenters. The molecule has 1 fully saturated rings. The second-order valence-electron chi connectivity index (χ2n) is 7.19. The van der Waals surface area contributed by atoms with Crippen LogP contribution in [0.25, 0.3) is 0 Å². The van der Waals surface area contributed by atoms with Gasteiger partial charge in [-0.05, 0) is 44.4 Å². The lowest BCUT2D eigenvalue weighted by atomic mass is 9.71. The van der Waals surface area contributed by atoms with E-state index in [4.69, 9.17) is 10.5 Å². The van der Waals surface area contributed by atoms with Crippen LogP contribution in [-0.4, -0.2) is 17.6 Å². The van der Waals surface area contributed by atoms with E-state index in [2.05, 4.69) is 20.8 Å². The number of nitrogens with two attached hydrogens (primary N) is 1. The SMILES string of the molecule is CC1CC(OC(=O)CC(C)(C)N)CC(C)(C)C1. The summed E-state index contributed by atoms with van der Waals surface area (Å²) in [6.07, 6.45) is 3.53. The molecule has 17 heavy (non-hydrogen) atoms. The van der Waals surface area contributed by atoms with Gasteiger partial charge in [-0.2, -0.15) is 0 Å². The Morgan fingerprint density at radius 2 is 2.00 bits per heavy atom. The van der Waals surface area contributed by atoms with Gasteiger partial charge in [0.05, 0.1) is 6.42 Å². The summed E-state index contributed by atoms with van der Waals surface area (Å²) in [6.45, 7) is 10.4. The fraction of sp³-hybridized carbons (Fsp3) is 0.929. The molecule has 1 saturated carbocycles. The van der Waals surface area contributed by atoms with Gasteiger partial charge in [-0.3, -0.25) is 4.79 Å². The molecule has 0 amide bonds. The van der Waals surface area contributed by atoms with Crippen molar-refractivity contribution in [2.45, 2.75) is 71.9 Å². The Morgan fingerprint density at radius 1 is 1.41 bits per heavy atom. The second kappa shape index (κ2) is 4.97. The summed E-state index contributed by atoms with van der Waals surface area (Å²) in [5, 5.41) is 0. The van der Waals surface area contributed by atoms with Crippen LogP contribution in [0.3, 0.4) is 0 Å². The van der Waals surface area contributed by atoms with Gasteiger partial charge in [-0.15, -0.1) is 0 Å². The molecule has 0 aromatic carbocycles. The van der Waals surface area contributed by atoms with Gasteiger partial charge in [0.1, 0.15) is 6.10 Å². The predicted octanol–water partition coefficient (Wildman–Crippen LogP) is 2.87. The molecule has 0 aliphatic heterocycles. The minimum atomic E-state index is -0.479. The van der Waals surface area contributed by atoms with Crippen LogP contribution in [-0.2, 0) is 9.53 Å². The summed E-state index contributed by atoms with van der Waals surface area (Å²) in [7, 11) is 0. The van der Waals surface area contributed by atoms with Crippen molar-refractivity contribution < 1.29 is 9.53 Å². The summed E-state index contributed by atoms with van der Waals surface area (Å²) < 4.78 is 5.55. The monoisotopic (exact) mass is 241 g/mol. The molecule has 3 heteroatoms. The van der Waals surface area contributed by atoms with E-state index in [1.807, 2.05) is 13.8 Å². The smallest absolute Gasteiger partial charge is 0.307 e. The molecule has 0 aromatic heterocycles. The van der Waals surface area contributed by atoms with Crippen molar-refractivity contribution in [1.82, 2.24) is 0 Å². The van der Waals surface area contributed by atoms with Crippen LogP contribution in [0.5, 0.6) is 0 Å². The van der Waals surface area contributed by atoms with E-state index in [-0.39, 0.29) is 23.9 Å². The molecule has 2 N–H and O–H groups in total. The molecule has 3 nitrogen and oxygen atoms in total. The zero-order chi connectivity index (χ0) is 13.3. The van der Waals surface area contributed by atoms with Crippen LogP contribution in [0.15, 0.2) is 0 Å². The molecular weight excluding hydrogens is 214 g/mol. The summed E-state index contributed by atoms with van der Waals surface area (Å²) in [4.78, 5) is 11.7. The molecule has 1 rings (SSSR count). The van der Waals surface area contributed by atoms with E-state index < -0.39 is 5.54 Å². The van der Waals surface area contributed by atoms with Crippen LogP contribution in [0, 0.1) is 11.3 Å². The van der Waals surface area contributed by atoms with Crippen molar-refractivity contribution in [3.8, 4) is 0 Å². The van der Waals surface area contributed by atoms with Crippen molar-refractivity contribution >= 4 is 5.97 Å². The average Bonchev–Trinajstić information content (AvgIpc) is 1.93. The van der Waals surface area contributed by atoms with Crippen molar-refractivity contribution in [3.05, 3.63) is 0 Å². The minimum absolute atomic E-state index is 0.0728. The Kier molecular flexibility index (Phi) is 4.23. The summed E-state index contributed by atoms with van der Waals surface area (Å²) in [5.41, 5.74) is 5.62. The van der Waals surface area contributed by atoms with E-state index in [0.717, 1.165) is 12.8 Å². The predicted molar refractivity (Wildman–Crippen MR) is 69.6 cm³/mol. The van der Waals surface area contributed by atoms with Crippen molar-refractivity contribution in [1.29, 1.82) is 0 Å². The lowest BCUT2D eigenvalue weighted by Gasteiger charge is -2.38. The third-order valence-corrected chi connectivity index (χ3v) is 3.24. The highest BCUT2D eigenvalue weighted by Crippen LogP contribution is 2.39. The number of carbonyl (C=O) groups excluding carboxylic acids is 1. The molecule has 100 valence electrons. The molecule has 0 radical (unpaired) electrons. The summed E-state index contributed by atoms with van der Waals surface area (Å²) >= 11 is 0. The highest BCUT2D eigenvalue weighted by atomic mass is 16.5. The third kappa shape index (κ3) is 5.53. The van der Waals surface area contributed by atoms with Crippen molar-refractivity contribution in [2.24, 2.45) is 17.1 Å². The zero-order valence-corrected chi connectivity index (χ0v) is 11.9. The first kappa shape index (κ1) is 14.5. The van der Waals surface area contributed by atoms with Gasteiger partial charge < -0.3 is 10.5 Å². The van der Waals surface area contributed by atoms with E-state index in [1.54, 1.807) is 0 Å². The maximum absolute atomic E-state index is 11.7. The maximum atomic E-state index is 11.7. The van der Waals surface area contributed by atoms with Crippen molar-refractivity contribution in [2.75, 3.05) is 0 Å². The molecule has 0 aromatic rings. The van der Waals surface area contributed by atoms with E-state index >= 15 is 0 Å². The normalized spacial score (nSPS) is 28.8. The van der Waals surface area contributed by atoms with Crippen molar-refractivity contribution in [3.63, 3.8) is 0 Å². The Morgan fingerprint density at radius 3 is 2.47 bits per heavy atom. The Balaban J connectivity index is 2.49. The van der Waals surface area contributed by atoms with Gasteiger partial charge in [-0.25, -0.2) is 0 Å². The fourth-order valence-corrected chi connectivity index (χ4v) is 2.95. The molecule has 1 aliphatic carbocycles.